The lowest BCUT2D eigenvalue weighted by molar-refractivity contribution is -0.255. The van der Waals surface area contributed by atoms with Crippen LogP contribution in [0.5, 0.6) is 0 Å². The van der Waals surface area contributed by atoms with E-state index >= 15 is 0 Å². The quantitative estimate of drug-likeness (QED) is 0.683. The molecule has 0 bridgehead atoms. The summed E-state index contributed by atoms with van der Waals surface area (Å²) in [6, 6.07) is 7.52. The third-order valence-electron chi connectivity index (χ3n) is 3.16. The zero-order chi connectivity index (χ0) is 15.6. The number of rotatable bonds is 4. The number of aryl methyl sites for hydroxylation is 1. The number of H-pyrrole nitrogens is 1. The minimum absolute atomic E-state index is 0.0493. The van der Waals surface area contributed by atoms with Crippen LogP contribution < -0.4 is 5.11 Å². The fourth-order valence-electron chi connectivity index (χ4n) is 2.19. The van der Waals surface area contributed by atoms with Crippen LogP contribution in [0.3, 0.4) is 0 Å². The first-order valence-corrected chi connectivity index (χ1v) is 7.08. The summed E-state index contributed by atoms with van der Waals surface area (Å²) in [5.41, 5.74) is 2.13. The molecule has 1 aromatic heterocycles. The van der Waals surface area contributed by atoms with E-state index < -0.39 is 5.97 Å². The molecular weight excluding hydrogens is 334 g/mol. The van der Waals surface area contributed by atoms with Crippen molar-refractivity contribution in [3.8, 4) is 0 Å². The fourth-order valence-corrected chi connectivity index (χ4v) is 2.61. The number of ketones is 1. The van der Waals surface area contributed by atoms with Gasteiger partial charge in [0.2, 0.25) is 0 Å². The predicted octanol–water partition coefficient (Wildman–Crippen LogP) is 2.65. The van der Waals surface area contributed by atoms with Crippen molar-refractivity contribution < 1.29 is 14.7 Å². The third kappa shape index (κ3) is 3.31. The van der Waals surface area contributed by atoms with Gasteiger partial charge in [-0.15, -0.1) is 0 Å². The minimum Gasteiger partial charge on any atom is -0.543 e. The third-order valence-corrected chi connectivity index (χ3v) is 3.66. The van der Waals surface area contributed by atoms with Gasteiger partial charge < -0.3 is 14.9 Å². The number of hydrogen-bond acceptors (Lipinski definition) is 3. The monoisotopic (exact) mass is 346 g/mol. The van der Waals surface area contributed by atoms with Crippen molar-refractivity contribution in [2.75, 3.05) is 0 Å². The lowest BCUT2D eigenvalue weighted by atomic mass is 10.0. The second kappa shape index (κ2) is 6.10. The van der Waals surface area contributed by atoms with Crippen LogP contribution in [0.15, 0.2) is 34.8 Å². The van der Waals surface area contributed by atoms with Crippen LogP contribution in [0.25, 0.3) is 6.08 Å². The first-order valence-electron chi connectivity index (χ1n) is 6.28. The summed E-state index contributed by atoms with van der Waals surface area (Å²) >= 11 is 3.36. The van der Waals surface area contributed by atoms with Crippen LogP contribution in [-0.4, -0.2) is 16.7 Å². The highest BCUT2D eigenvalue weighted by molar-refractivity contribution is 9.10. The van der Waals surface area contributed by atoms with Gasteiger partial charge in [0, 0.05) is 15.7 Å². The molecule has 0 spiro atoms. The van der Waals surface area contributed by atoms with Crippen molar-refractivity contribution in [1.82, 2.24) is 4.98 Å². The molecule has 4 nitrogen and oxygen atoms in total. The molecule has 0 radical (unpaired) electrons. The summed E-state index contributed by atoms with van der Waals surface area (Å²) in [5.74, 6) is -1.56. The van der Waals surface area contributed by atoms with E-state index in [0.717, 1.165) is 10.0 Å². The van der Waals surface area contributed by atoms with Crippen LogP contribution >= 0.6 is 15.9 Å². The summed E-state index contributed by atoms with van der Waals surface area (Å²) in [6.45, 7) is 3.26. The molecule has 1 N–H and O–H groups in total. The number of carbonyl (C=O) groups excluding carboxylic acids is 2. The number of aromatic carboxylic acids is 1. The summed E-state index contributed by atoms with van der Waals surface area (Å²) in [5, 5.41) is 10.9. The first kappa shape index (κ1) is 15.3. The van der Waals surface area contributed by atoms with Crippen molar-refractivity contribution >= 4 is 33.8 Å². The Balaban J connectivity index is 2.31. The zero-order valence-corrected chi connectivity index (χ0v) is 13.2. The summed E-state index contributed by atoms with van der Waals surface area (Å²) in [6.07, 6.45) is 3.13. The Morgan fingerprint density at radius 2 is 2.00 bits per heavy atom. The molecular formula is C16H13BrNO3-. The molecule has 1 aromatic carbocycles. The topological polar surface area (TPSA) is 73.0 Å². The Morgan fingerprint density at radius 1 is 1.29 bits per heavy atom. The molecule has 108 valence electrons. The second-order valence-corrected chi connectivity index (χ2v) is 5.58. The van der Waals surface area contributed by atoms with Gasteiger partial charge in [-0.05, 0) is 43.2 Å². The number of carbonyl (C=O) groups is 2. The molecule has 2 aromatic rings. The molecule has 0 atom stereocenters. The maximum Gasteiger partial charge on any atom is 0.187 e. The molecule has 0 aliphatic carbocycles. The predicted molar refractivity (Wildman–Crippen MR) is 82.1 cm³/mol. The number of aromatic amines is 1. The van der Waals surface area contributed by atoms with Crippen molar-refractivity contribution in [3.63, 3.8) is 0 Å². The maximum absolute atomic E-state index is 12.2. The van der Waals surface area contributed by atoms with Gasteiger partial charge in [0.25, 0.3) is 0 Å². The Morgan fingerprint density at radius 3 is 2.57 bits per heavy atom. The smallest absolute Gasteiger partial charge is 0.187 e. The zero-order valence-electron chi connectivity index (χ0n) is 11.6. The lowest BCUT2D eigenvalue weighted by Gasteiger charge is -2.00. The number of benzene rings is 1. The van der Waals surface area contributed by atoms with Gasteiger partial charge in [-0.2, -0.15) is 0 Å². The van der Waals surface area contributed by atoms with Gasteiger partial charge in [0.1, 0.15) is 0 Å². The molecule has 0 aliphatic rings. The van der Waals surface area contributed by atoms with Gasteiger partial charge in [0.05, 0.1) is 11.7 Å². The fraction of sp³-hybridized carbons (Fsp3) is 0.125. The minimum atomic E-state index is -1.31. The average molecular weight is 347 g/mol. The van der Waals surface area contributed by atoms with Crippen molar-refractivity contribution in [1.29, 1.82) is 0 Å². The molecule has 21 heavy (non-hydrogen) atoms. The number of allylic oxidation sites excluding steroid dienone is 1. The van der Waals surface area contributed by atoms with Crippen LogP contribution in [0.2, 0.25) is 0 Å². The summed E-state index contributed by atoms with van der Waals surface area (Å²) in [7, 11) is 0. The lowest BCUT2D eigenvalue weighted by Crippen LogP contribution is -2.23. The second-order valence-electron chi connectivity index (χ2n) is 4.67. The largest absolute Gasteiger partial charge is 0.543 e. The highest BCUT2D eigenvalue weighted by atomic mass is 79.9. The highest BCUT2D eigenvalue weighted by Gasteiger charge is 2.16. The Kier molecular flexibility index (Phi) is 4.43. The summed E-state index contributed by atoms with van der Waals surface area (Å²) in [4.78, 5) is 25.9. The van der Waals surface area contributed by atoms with Gasteiger partial charge in [-0.1, -0.05) is 34.1 Å². The van der Waals surface area contributed by atoms with Crippen LogP contribution in [0.1, 0.15) is 37.7 Å². The Labute approximate surface area is 130 Å². The number of hydrogen-bond donors (Lipinski definition) is 1. The van der Waals surface area contributed by atoms with E-state index in [1.54, 1.807) is 19.9 Å². The van der Waals surface area contributed by atoms with E-state index in [-0.39, 0.29) is 11.5 Å². The molecule has 0 unspecified atom stereocenters. The van der Waals surface area contributed by atoms with E-state index in [4.69, 9.17) is 0 Å². The van der Waals surface area contributed by atoms with E-state index in [1.807, 2.05) is 24.3 Å². The molecule has 0 saturated heterocycles. The SMILES string of the molecule is Cc1[nH]c(C(=O)[O-])c(C)c1C(=O)/C=C/c1cccc(Br)c1. The molecule has 5 heteroatoms. The maximum atomic E-state index is 12.2. The standard InChI is InChI=1S/C16H14BrNO3/c1-9-14(10(2)18-15(9)16(20)21)13(19)7-6-11-4-3-5-12(17)8-11/h3-8,18H,1-2H3,(H,20,21)/p-1/b7-6+. The van der Waals surface area contributed by atoms with E-state index in [9.17, 15) is 14.7 Å². The Hall–Kier alpha value is -2.14. The molecule has 0 aliphatic heterocycles. The van der Waals surface area contributed by atoms with Gasteiger partial charge >= 0.3 is 0 Å². The van der Waals surface area contributed by atoms with Crippen LogP contribution in [0.4, 0.5) is 0 Å². The molecule has 2 rings (SSSR count). The number of carboxylic acids is 1. The summed E-state index contributed by atoms with van der Waals surface area (Å²) < 4.78 is 0.922. The van der Waals surface area contributed by atoms with Gasteiger partial charge in [-0.25, -0.2) is 0 Å². The normalized spacial score (nSPS) is 11.0. The number of carboxylic acid groups (broad SMARTS) is 1. The van der Waals surface area contributed by atoms with Gasteiger partial charge in [-0.3, -0.25) is 4.79 Å². The van der Waals surface area contributed by atoms with Crippen LogP contribution in [-0.2, 0) is 0 Å². The van der Waals surface area contributed by atoms with E-state index in [0.29, 0.717) is 16.8 Å². The molecule has 0 saturated carbocycles. The average Bonchev–Trinajstić information content (AvgIpc) is 2.72. The van der Waals surface area contributed by atoms with E-state index in [1.165, 1.54) is 6.08 Å². The molecule has 0 amide bonds. The number of nitrogens with one attached hydrogen (secondary N) is 1. The Bertz CT molecular complexity index is 744. The van der Waals surface area contributed by atoms with Gasteiger partial charge in [0.15, 0.2) is 5.78 Å². The van der Waals surface area contributed by atoms with Crippen molar-refractivity contribution in [2.45, 2.75) is 13.8 Å². The van der Waals surface area contributed by atoms with E-state index in [2.05, 4.69) is 20.9 Å². The van der Waals surface area contributed by atoms with Crippen LogP contribution in [0, 0.1) is 13.8 Å². The molecule has 0 fully saturated rings. The number of halogens is 1. The molecule has 1 heterocycles. The van der Waals surface area contributed by atoms with Crippen molar-refractivity contribution in [3.05, 3.63) is 62.9 Å². The number of aromatic nitrogens is 1. The highest BCUT2D eigenvalue weighted by Crippen LogP contribution is 2.19. The first-order chi connectivity index (χ1) is 9.90. The van der Waals surface area contributed by atoms with Crippen molar-refractivity contribution in [2.24, 2.45) is 0 Å².